The Hall–Kier alpha value is -2.72. The molecule has 0 unspecified atom stereocenters. The molecular weight excluding hydrogens is 438 g/mol. The van der Waals surface area contributed by atoms with E-state index in [1.54, 1.807) is 0 Å². The third kappa shape index (κ3) is 3.20. The predicted octanol–water partition coefficient (Wildman–Crippen LogP) is 2.05. The quantitative estimate of drug-likeness (QED) is 0.734. The lowest BCUT2D eigenvalue weighted by Gasteiger charge is -2.34. The Kier molecular flexibility index (Phi) is 4.74. The van der Waals surface area contributed by atoms with Crippen LogP contribution in [0.4, 0.5) is 14.5 Å². The van der Waals surface area contributed by atoms with Crippen LogP contribution in [0.3, 0.4) is 0 Å². The van der Waals surface area contributed by atoms with Crippen LogP contribution in [0.25, 0.3) is 0 Å². The molecule has 1 amide bonds. The number of hydrogen-bond acceptors (Lipinski definition) is 7. The molecule has 1 aliphatic heterocycles. The number of carboxylic acid groups (broad SMARTS) is 1. The van der Waals surface area contributed by atoms with Crippen molar-refractivity contribution in [3.05, 3.63) is 58.4 Å². The van der Waals surface area contributed by atoms with Crippen LogP contribution in [0.5, 0.6) is 0 Å². The Labute approximate surface area is 178 Å². The van der Waals surface area contributed by atoms with E-state index in [9.17, 15) is 23.5 Å². The molecule has 4 rings (SSSR count). The van der Waals surface area contributed by atoms with Gasteiger partial charge in [0, 0.05) is 29.4 Å². The van der Waals surface area contributed by atoms with Crippen LogP contribution >= 0.6 is 23.4 Å². The molecule has 0 saturated heterocycles. The summed E-state index contributed by atoms with van der Waals surface area (Å²) in [6.07, 6.45) is 1.42. The number of nitrogens with one attached hydrogen (secondary N) is 1. The van der Waals surface area contributed by atoms with E-state index < -0.39 is 39.7 Å². The monoisotopic (exact) mass is 451 g/mol. The van der Waals surface area contributed by atoms with Gasteiger partial charge in [0.15, 0.2) is 16.8 Å². The number of carbonyl (C=O) groups excluding carboxylic acids is 2. The van der Waals surface area contributed by atoms with Gasteiger partial charge in [-0.3, -0.25) is 9.79 Å². The topological polar surface area (TPSA) is 120 Å². The number of rotatable bonds is 4. The number of thioether (sulfide) groups is 1. The first-order valence-corrected chi connectivity index (χ1v) is 9.94. The summed E-state index contributed by atoms with van der Waals surface area (Å²) in [6, 6.07) is 4.88. The summed E-state index contributed by atoms with van der Waals surface area (Å²) in [7, 11) is 0. The predicted molar refractivity (Wildman–Crippen MR) is 106 cm³/mol. The Morgan fingerprint density at radius 2 is 2.10 bits per heavy atom. The van der Waals surface area contributed by atoms with Crippen molar-refractivity contribution >= 4 is 46.1 Å². The molecular formula is C19H14ClF2N4O3S-. The maximum Gasteiger partial charge on any atom is 0.274 e. The van der Waals surface area contributed by atoms with Gasteiger partial charge in [-0.25, -0.2) is 13.8 Å². The minimum atomic E-state index is -1.44. The zero-order valence-corrected chi connectivity index (χ0v) is 17.0. The van der Waals surface area contributed by atoms with Gasteiger partial charge in [0.2, 0.25) is 0 Å². The molecule has 1 aromatic carbocycles. The normalized spacial score (nSPS) is 27.1. The molecule has 2 aliphatic rings. The number of nitrogens with zero attached hydrogens (tertiary/aromatic N) is 2. The van der Waals surface area contributed by atoms with Gasteiger partial charge in [0.1, 0.15) is 5.69 Å². The maximum atomic E-state index is 14.8. The van der Waals surface area contributed by atoms with Crippen molar-refractivity contribution in [2.24, 2.45) is 16.6 Å². The lowest BCUT2D eigenvalue weighted by atomic mass is 9.85. The van der Waals surface area contributed by atoms with Gasteiger partial charge in [-0.15, -0.1) is 0 Å². The van der Waals surface area contributed by atoms with Gasteiger partial charge >= 0.3 is 0 Å². The first-order valence-electron chi connectivity index (χ1n) is 8.75. The third-order valence-electron chi connectivity index (χ3n) is 5.35. The van der Waals surface area contributed by atoms with E-state index in [0.717, 1.165) is 17.8 Å². The summed E-state index contributed by atoms with van der Waals surface area (Å²) >= 11 is 6.60. The van der Waals surface area contributed by atoms with E-state index in [-0.39, 0.29) is 28.5 Å². The Morgan fingerprint density at radius 1 is 1.37 bits per heavy atom. The number of amidine groups is 1. The molecule has 156 valence electrons. The average molecular weight is 452 g/mol. The average Bonchev–Trinajstić information content (AvgIpc) is 3.42. The number of pyridine rings is 1. The number of carboxylic acids is 1. The van der Waals surface area contributed by atoms with Crippen LogP contribution in [0, 0.1) is 17.6 Å². The first kappa shape index (κ1) is 20.5. The summed E-state index contributed by atoms with van der Waals surface area (Å²) in [5.74, 6) is -5.06. The number of aliphatic imine (C=N–C) groups is 1. The number of nitrogens with two attached hydrogens (primary N) is 1. The largest absolute Gasteiger partial charge is 0.549 e. The van der Waals surface area contributed by atoms with Gasteiger partial charge in [-0.2, -0.15) is 0 Å². The fourth-order valence-corrected chi connectivity index (χ4v) is 5.20. The highest BCUT2D eigenvalue weighted by molar-refractivity contribution is 8.15. The molecule has 0 bridgehead atoms. The van der Waals surface area contributed by atoms with Gasteiger partial charge in [-0.1, -0.05) is 23.4 Å². The number of benzene rings is 1. The fourth-order valence-electron chi connectivity index (χ4n) is 3.78. The summed E-state index contributed by atoms with van der Waals surface area (Å²) in [5, 5.41) is 14.4. The van der Waals surface area contributed by atoms with E-state index >= 15 is 0 Å². The van der Waals surface area contributed by atoms with Crippen LogP contribution < -0.4 is 16.2 Å². The number of anilines is 1. The maximum absolute atomic E-state index is 14.8. The van der Waals surface area contributed by atoms with Crippen molar-refractivity contribution in [3.8, 4) is 0 Å². The Bertz CT molecular complexity index is 1110. The molecule has 3 N–H and O–H groups in total. The highest BCUT2D eigenvalue weighted by Gasteiger charge is 2.67. The van der Waals surface area contributed by atoms with E-state index in [4.69, 9.17) is 17.3 Å². The molecule has 1 saturated carbocycles. The molecule has 0 spiro atoms. The summed E-state index contributed by atoms with van der Waals surface area (Å²) in [5.41, 5.74) is 4.12. The number of halogens is 3. The number of fused-ring (bicyclic) bond motifs is 1. The first-order chi connectivity index (χ1) is 14.1. The Morgan fingerprint density at radius 3 is 2.73 bits per heavy atom. The molecule has 1 aromatic heterocycles. The van der Waals surface area contributed by atoms with Gasteiger partial charge in [0.05, 0.1) is 21.3 Å². The smallest absolute Gasteiger partial charge is 0.274 e. The second-order valence-electron chi connectivity index (χ2n) is 7.27. The molecule has 11 heteroatoms. The van der Waals surface area contributed by atoms with E-state index in [2.05, 4.69) is 15.3 Å². The molecule has 0 radical (unpaired) electrons. The second kappa shape index (κ2) is 6.92. The standard InChI is InChI=1S/C19H15ClF2N4O3S/c1-18(13-6-19(13,16(28)29)30-17(23)26-18)10-4-9(5-11(21)14(10)22)25-15(27)12-3-2-8(20)7-24-12/h2-5,7,13H,6H2,1H3,(H2,23,26)(H,25,27)(H,28,29)/p-1/t13-,18+,19-/m0/s1. The fraction of sp³-hybridized carbons (Fsp3) is 0.263. The second-order valence-corrected chi connectivity index (χ2v) is 9.06. The minimum Gasteiger partial charge on any atom is -0.549 e. The van der Waals surface area contributed by atoms with Crippen molar-refractivity contribution in [3.63, 3.8) is 0 Å². The summed E-state index contributed by atoms with van der Waals surface area (Å²) in [4.78, 5) is 32.1. The van der Waals surface area contributed by atoms with Crippen molar-refractivity contribution in [1.29, 1.82) is 0 Å². The highest BCUT2D eigenvalue weighted by Crippen LogP contribution is 2.65. The van der Waals surface area contributed by atoms with Crippen LogP contribution in [0.2, 0.25) is 5.02 Å². The van der Waals surface area contributed by atoms with Crippen molar-refractivity contribution < 1.29 is 23.5 Å². The van der Waals surface area contributed by atoms with Gasteiger partial charge < -0.3 is 21.0 Å². The zero-order chi connectivity index (χ0) is 21.8. The van der Waals surface area contributed by atoms with Gasteiger partial charge in [-0.05, 0) is 31.5 Å². The molecule has 1 fully saturated rings. The molecule has 30 heavy (non-hydrogen) atoms. The molecule has 2 aromatic rings. The van der Waals surface area contributed by atoms with Crippen molar-refractivity contribution in [1.82, 2.24) is 4.98 Å². The van der Waals surface area contributed by atoms with Crippen molar-refractivity contribution in [2.75, 3.05) is 5.32 Å². The van der Waals surface area contributed by atoms with Crippen LogP contribution in [0.1, 0.15) is 29.4 Å². The molecule has 1 aliphatic carbocycles. The van der Waals surface area contributed by atoms with Crippen LogP contribution in [-0.2, 0) is 10.3 Å². The lowest BCUT2D eigenvalue weighted by molar-refractivity contribution is -0.306. The van der Waals surface area contributed by atoms with Crippen molar-refractivity contribution in [2.45, 2.75) is 23.6 Å². The number of hydrogen-bond donors (Lipinski definition) is 2. The Balaban J connectivity index is 1.72. The minimum absolute atomic E-state index is 0.0198. The zero-order valence-electron chi connectivity index (χ0n) is 15.4. The third-order valence-corrected chi connectivity index (χ3v) is 6.86. The molecule has 2 heterocycles. The summed E-state index contributed by atoms with van der Waals surface area (Å²) < 4.78 is 27.8. The van der Waals surface area contributed by atoms with E-state index in [1.165, 1.54) is 31.3 Å². The number of carbonyl (C=O) groups is 2. The number of aliphatic carboxylic acids is 1. The lowest BCUT2D eigenvalue weighted by Crippen LogP contribution is -2.45. The van der Waals surface area contributed by atoms with E-state index in [1.807, 2.05) is 0 Å². The SMILES string of the molecule is C[C@]1(c2cc(NC(=O)c3ccc(Cl)cn3)cc(F)c2F)N=C(N)S[C@@]2(C(=O)[O-])C[C@H]21. The van der Waals surface area contributed by atoms with Crippen LogP contribution in [0.15, 0.2) is 35.5 Å². The molecule has 3 atom stereocenters. The van der Waals surface area contributed by atoms with Crippen LogP contribution in [-0.4, -0.2) is 26.8 Å². The highest BCUT2D eigenvalue weighted by atomic mass is 35.5. The van der Waals surface area contributed by atoms with E-state index in [0.29, 0.717) is 5.02 Å². The van der Waals surface area contributed by atoms with Gasteiger partial charge in [0.25, 0.3) is 5.91 Å². The summed E-state index contributed by atoms with van der Waals surface area (Å²) in [6.45, 7) is 1.49. The number of aromatic nitrogens is 1. The number of amides is 1. The molecule has 7 nitrogen and oxygen atoms in total.